The summed E-state index contributed by atoms with van der Waals surface area (Å²) in [5.41, 5.74) is 1.64. The number of likely N-dealkylation sites (N-methyl/N-ethyl adjacent to an activating group) is 1. The maximum absolute atomic E-state index is 4.66. The Hall–Kier alpha value is -2.74. The van der Waals surface area contributed by atoms with Gasteiger partial charge in [0.15, 0.2) is 5.82 Å². The van der Waals surface area contributed by atoms with Crippen molar-refractivity contribution in [2.24, 2.45) is 16.8 Å². The molecule has 3 aromatic rings. The van der Waals surface area contributed by atoms with Gasteiger partial charge in [-0.25, -0.2) is 4.99 Å². The summed E-state index contributed by atoms with van der Waals surface area (Å²) in [6.07, 6.45) is 10.3. The molecule has 1 saturated carbocycles. The Morgan fingerprint density at radius 1 is 1.41 bits per heavy atom. The van der Waals surface area contributed by atoms with Crippen LogP contribution in [0.15, 0.2) is 29.6 Å². The summed E-state index contributed by atoms with van der Waals surface area (Å²) in [6, 6.07) is 1.97. The third kappa shape index (κ3) is 4.33. The lowest BCUT2D eigenvalue weighted by atomic mass is 10.1. The van der Waals surface area contributed by atoms with E-state index in [2.05, 4.69) is 42.2 Å². The maximum Gasteiger partial charge on any atom is 0.231 e. The number of aromatic nitrogens is 5. The van der Waals surface area contributed by atoms with E-state index in [0.29, 0.717) is 17.7 Å². The van der Waals surface area contributed by atoms with E-state index in [0.717, 1.165) is 35.7 Å². The molecule has 1 fully saturated rings. The van der Waals surface area contributed by atoms with Gasteiger partial charge in [-0.05, 0) is 44.8 Å². The number of nitrogens with one attached hydrogen (secondary N) is 2. The number of H-pyrrole nitrogens is 1. The molecule has 0 bridgehead atoms. The van der Waals surface area contributed by atoms with Gasteiger partial charge >= 0.3 is 0 Å². The molecule has 0 aliphatic heterocycles. The Labute approximate surface area is 158 Å². The van der Waals surface area contributed by atoms with Gasteiger partial charge in [-0.15, -0.1) is 0 Å². The molecule has 0 spiro atoms. The van der Waals surface area contributed by atoms with Crippen LogP contribution in [0.4, 0.5) is 17.5 Å². The normalized spacial score (nSPS) is 15.9. The van der Waals surface area contributed by atoms with Gasteiger partial charge in [-0.2, -0.15) is 15.1 Å². The zero-order chi connectivity index (χ0) is 18.8. The molecule has 8 nitrogen and oxygen atoms in total. The van der Waals surface area contributed by atoms with Crippen molar-refractivity contribution in [1.29, 1.82) is 0 Å². The minimum atomic E-state index is 0.486. The summed E-state index contributed by atoms with van der Waals surface area (Å²) in [5, 5.41) is 8.56. The quantitative estimate of drug-likeness (QED) is 0.598. The van der Waals surface area contributed by atoms with Crippen LogP contribution in [0.3, 0.4) is 0 Å². The van der Waals surface area contributed by atoms with Crippen LogP contribution in [-0.2, 0) is 6.54 Å². The Kier molecular flexibility index (Phi) is 4.89. The van der Waals surface area contributed by atoms with Crippen molar-refractivity contribution >= 4 is 34.7 Å². The molecule has 3 heterocycles. The van der Waals surface area contributed by atoms with Crippen LogP contribution in [0.2, 0.25) is 0 Å². The minimum absolute atomic E-state index is 0.486. The minimum Gasteiger partial charge on any atom is -0.346 e. The highest BCUT2D eigenvalue weighted by atomic mass is 15.3. The fraction of sp³-hybridized carbons (Fsp3) is 0.474. The molecular formula is C19H26N8. The first kappa shape index (κ1) is 17.7. The number of nitrogens with zero attached hydrogens (tertiary/aromatic N) is 6. The summed E-state index contributed by atoms with van der Waals surface area (Å²) >= 11 is 0. The number of anilines is 2. The molecule has 1 aliphatic rings. The lowest BCUT2D eigenvalue weighted by Crippen LogP contribution is -2.18. The fourth-order valence-corrected chi connectivity index (χ4v) is 2.99. The molecule has 1 atom stereocenters. The molecule has 1 unspecified atom stereocenters. The standard InChI is InChI=1S/C19H26N8/c1-13(14-4-5-14)10-21-18-16-6-7-20-17(16)24-19(25-18)23-15-11-22-27(12-15)9-8-26(2)3/h6-7,10-14H,4-5,8-9H2,1-3H3,(H2,20,23,24,25). The first-order valence-electron chi connectivity index (χ1n) is 9.42. The van der Waals surface area contributed by atoms with Gasteiger partial charge in [0.25, 0.3) is 0 Å². The van der Waals surface area contributed by atoms with Crippen molar-refractivity contribution in [1.82, 2.24) is 29.6 Å². The SMILES string of the molecule is CC(C=Nc1nc(Nc2cnn(CCN(C)C)c2)nc2[nH]ccc12)C1CC1. The number of fused-ring (bicyclic) bond motifs is 1. The molecule has 0 radical (unpaired) electrons. The van der Waals surface area contributed by atoms with Crippen LogP contribution < -0.4 is 5.32 Å². The summed E-state index contributed by atoms with van der Waals surface area (Å²) in [4.78, 5) is 19.1. The average molecular weight is 366 g/mol. The van der Waals surface area contributed by atoms with E-state index in [-0.39, 0.29) is 0 Å². The zero-order valence-corrected chi connectivity index (χ0v) is 16.1. The van der Waals surface area contributed by atoms with Crippen molar-refractivity contribution in [2.75, 3.05) is 26.0 Å². The average Bonchev–Trinajstić information content (AvgIpc) is 3.22. The Bertz CT molecular complexity index is 934. The number of aromatic amines is 1. The van der Waals surface area contributed by atoms with Gasteiger partial charge < -0.3 is 15.2 Å². The van der Waals surface area contributed by atoms with Gasteiger partial charge in [0.2, 0.25) is 5.95 Å². The topological polar surface area (TPSA) is 87.0 Å². The van der Waals surface area contributed by atoms with E-state index in [1.165, 1.54) is 12.8 Å². The lowest BCUT2D eigenvalue weighted by Gasteiger charge is -2.08. The van der Waals surface area contributed by atoms with Gasteiger partial charge in [0, 0.05) is 25.2 Å². The second kappa shape index (κ2) is 7.48. The molecule has 8 heteroatoms. The van der Waals surface area contributed by atoms with Crippen LogP contribution in [0, 0.1) is 11.8 Å². The molecule has 0 amide bonds. The van der Waals surface area contributed by atoms with Crippen molar-refractivity contribution < 1.29 is 0 Å². The van der Waals surface area contributed by atoms with E-state index in [9.17, 15) is 0 Å². The predicted octanol–water partition coefficient (Wildman–Crippen LogP) is 3.21. The monoisotopic (exact) mass is 366 g/mol. The zero-order valence-electron chi connectivity index (χ0n) is 16.1. The fourth-order valence-electron chi connectivity index (χ4n) is 2.99. The molecule has 3 aromatic heterocycles. The van der Waals surface area contributed by atoms with Crippen molar-refractivity contribution in [2.45, 2.75) is 26.3 Å². The smallest absolute Gasteiger partial charge is 0.231 e. The van der Waals surface area contributed by atoms with E-state index in [4.69, 9.17) is 0 Å². The Morgan fingerprint density at radius 2 is 2.26 bits per heavy atom. The van der Waals surface area contributed by atoms with Gasteiger partial charge in [-0.1, -0.05) is 6.92 Å². The molecule has 0 aromatic carbocycles. The predicted molar refractivity (Wildman–Crippen MR) is 108 cm³/mol. The van der Waals surface area contributed by atoms with Crippen molar-refractivity contribution in [3.8, 4) is 0 Å². The number of hydrogen-bond acceptors (Lipinski definition) is 6. The summed E-state index contributed by atoms with van der Waals surface area (Å²) in [5.74, 6) is 2.47. The van der Waals surface area contributed by atoms with Crippen LogP contribution in [0.25, 0.3) is 11.0 Å². The Balaban J connectivity index is 1.53. The van der Waals surface area contributed by atoms with Crippen LogP contribution >= 0.6 is 0 Å². The molecular weight excluding hydrogens is 340 g/mol. The van der Waals surface area contributed by atoms with E-state index < -0.39 is 0 Å². The van der Waals surface area contributed by atoms with E-state index in [1.807, 2.05) is 43.5 Å². The third-order valence-corrected chi connectivity index (χ3v) is 4.86. The highest BCUT2D eigenvalue weighted by molar-refractivity contribution is 5.88. The van der Waals surface area contributed by atoms with E-state index in [1.54, 1.807) is 6.20 Å². The molecule has 2 N–H and O–H groups in total. The van der Waals surface area contributed by atoms with Crippen LogP contribution in [0.1, 0.15) is 19.8 Å². The maximum atomic E-state index is 4.66. The lowest BCUT2D eigenvalue weighted by molar-refractivity contribution is 0.373. The molecule has 0 saturated heterocycles. The molecule has 142 valence electrons. The highest BCUT2D eigenvalue weighted by Crippen LogP contribution is 2.36. The number of hydrogen-bond donors (Lipinski definition) is 2. The van der Waals surface area contributed by atoms with Gasteiger partial charge in [-0.3, -0.25) is 4.68 Å². The van der Waals surface area contributed by atoms with Crippen LogP contribution in [-0.4, -0.2) is 56.5 Å². The van der Waals surface area contributed by atoms with Crippen molar-refractivity contribution in [3.63, 3.8) is 0 Å². The first-order chi connectivity index (χ1) is 13.1. The molecule has 4 rings (SSSR count). The first-order valence-corrected chi connectivity index (χ1v) is 9.42. The summed E-state index contributed by atoms with van der Waals surface area (Å²) in [6.45, 7) is 3.99. The van der Waals surface area contributed by atoms with Gasteiger partial charge in [0.05, 0.1) is 23.8 Å². The summed E-state index contributed by atoms with van der Waals surface area (Å²) < 4.78 is 1.91. The largest absolute Gasteiger partial charge is 0.346 e. The number of aliphatic imine (C=N–C) groups is 1. The Morgan fingerprint density at radius 3 is 3.04 bits per heavy atom. The second-order valence-corrected chi connectivity index (χ2v) is 7.51. The van der Waals surface area contributed by atoms with Crippen molar-refractivity contribution in [3.05, 3.63) is 24.7 Å². The number of rotatable bonds is 8. The van der Waals surface area contributed by atoms with Crippen LogP contribution in [0.5, 0.6) is 0 Å². The molecule has 1 aliphatic carbocycles. The van der Waals surface area contributed by atoms with Gasteiger partial charge in [0.1, 0.15) is 5.65 Å². The third-order valence-electron chi connectivity index (χ3n) is 4.86. The summed E-state index contributed by atoms with van der Waals surface area (Å²) in [7, 11) is 4.10. The van der Waals surface area contributed by atoms with E-state index >= 15 is 0 Å². The highest BCUT2D eigenvalue weighted by Gasteiger charge is 2.26. The molecule has 27 heavy (non-hydrogen) atoms. The second-order valence-electron chi connectivity index (χ2n) is 7.51.